The number of unbranched alkanes of at least 4 members (excludes halogenated alkanes) is 1. The minimum atomic E-state index is -0.0442. The standard InChI is InChI=1S/C20H32N2O2S2/c23-18(4-2-1-3-17-5-6-25-26-17)21-22-19(24)13-20-10-14-7-15(11-20)9-16(8-14)12-20/h14-17H,1-13H2,(H,21,23)(H,22,24). The molecule has 0 aromatic rings. The quantitative estimate of drug-likeness (QED) is 0.379. The monoisotopic (exact) mass is 396 g/mol. The van der Waals surface area contributed by atoms with Gasteiger partial charge in [0.05, 0.1) is 0 Å². The zero-order valence-electron chi connectivity index (χ0n) is 15.6. The highest BCUT2D eigenvalue weighted by molar-refractivity contribution is 8.77. The summed E-state index contributed by atoms with van der Waals surface area (Å²) in [5.74, 6) is 3.82. The van der Waals surface area contributed by atoms with E-state index in [-0.39, 0.29) is 17.2 Å². The first kappa shape index (κ1) is 19.0. The number of hydrazine groups is 1. The normalized spacial score (nSPS) is 37.7. The Morgan fingerprint density at radius 1 is 0.923 bits per heavy atom. The van der Waals surface area contributed by atoms with Crippen molar-refractivity contribution in [1.29, 1.82) is 0 Å². The minimum absolute atomic E-state index is 0.0136. The Kier molecular flexibility index (Phi) is 6.09. The van der Waals surface area contributed by atoms with Crippen LogP contribution in [-0.4, -0.2) is 22.8 Å². The van der Waals surface area contributed by atoms with E-state index < -0.39 is 0 Å². The first-order chi connectivity index (χ1) is 12.6. The molecule has 4 bridgehead atoms. The van der Waals surface area contributed by atoms with Crippen LogP contribution >= 0.6 is 21.6 Å². The van der Waals surface area contributed by atoms with Crippen LogP contribution in [0, 0.1) is 23.2 Å². The molecule has 4 saturated carbocycles. The summed E-state index contributed by atoms with van der Waals surface area (Å²) in [6.07, 6.45) is 13.6. The van der Waals surface area contributed by atoms with E-state index in [1.807, 2.05) is 21.6 Å². The molecule has 1 saturated heterocycles. The third-order valence-corrected chi connectivity index (χ3v) is 9.96. The number of carbonyl (C=O) groups is 2. The van der Waals surface area contributed by atoms with Crippen molar-refractivity contribution in [2.45, 2.75) is 82.3 Å². The maximum Gasteiger partial charge on any atom is 0.238 e. The zero-order chi connectivity index (χ0) is 18.0. The van der Waals surface area contributed by atoms with E-state index in [2.05, 4.69) is 10.9 Å². The third-order valence-electron chi connectivity index (χ3n) is 6.95. The molecule has 4 nitrogen and oxygen atoms in total. The molecule has 1 heterocycles. The topological polar surface area (TPSA) is 58.2 Å². The van der Waals surface area contributed by atoms with Crippen molar-refractivity contribution >= 4 is 33.4 Å². The lowest BCUT2D eigenvalue weighted by molar-refractivity contribution is -0.134. The van der Waals surface area contributed by atoms with Crippen molar-refractivity contribution in [2.24, 2.45) is 23.2 Å². The van der Waals surface area contributed by atoms with Crippen molar-refractivity contribution in [3.63, 3.8) is 0 Å². The summed E-state index contributed by atoms with van der Waals surface area (Å²) in [7, 11) is 3.97. The summed E-state index contributed by atoms with van der Waals surface area (Å²) in [6.45, 7) is 0. The molecule has 1 atom stereocenters. The predicted octanol–water partition coefficient (Wildman–Crippen LogP) is 4.45. The second-order valence-electron chi connectivity index (χ2n) is 9.27. The van der Waals surface area contributed by atoms with Crippen LogP contribution in [0.4, 0.5) is 0 Å². The Labute approximate surface area is 165 Å². The van der Waals surface area contributed by atoms with E-state index in [0.717, 1.165) is 35.8 Å². The molecular formula is C20H32N2O2S2. The molecule has 5 aliphatic rings. The molecular weight excluding hydrogens is 364 g/mol. The van der Waals surface area contributed by atoms with Crippen LogP contribution in [0.25, 0.3) is 0 Å². The van der Waals surface area contributed by atoms with Gasteiger partial charge in [-0.2, -0.15) is 0 Å². The van der Waals surface area contributed by atoms with E-state index in [0.29, 0.717) is 12.8 Å². The molecule has 0 radical (unpaired) electrons. The van der Waals surface area contributed by atoms with E-state index in [1.165, 1.54) is 57.1 Å². The van der Waals surface area contributed by atoms with Crippen LogP contribution in [0.1, 0.15) is 77.0 Å². The van der Waals surface area contributed by atoms with E-state index in [1.54, 1.807) is 0 Å². The number of hydrogen-bond donors (Lipinski definition) is 2. The van der Waals surface area contributed by atoms with Crippen molar-refractivity contribution in [1.82, 2.24) is 10.9 Å². The largest absolute Gasteiger partial charge is 0.273 e. The number of nitrogens with one attached hydrogen (secondary N) is 2. The van der Waals surface area contributed by atoms with Crippen LogP contribution in [0.15, 0.2) is 0 Å². The molecule has 6 heteroatoms. The molecule has 5 fully saturated rings. The average Bonchev–Trinajstić information content (AvgIpc) is 3.08. The van der Waals surface area contributed by atoms with Crippen molar-refractivity contribution in [3.8, 4) is 0 Å². The Balaban J connectivity index is 1.12. The number of amides is 2. The van der Waals surface area contributed by atoms with Gasteiger partial charge in [0.2, 0.25) is 11.8 Å². The molecule has 2 N–H and O–H groups in total. The Bertz CT molecular complexity index is 499. The Hall–Kier alpha value is -0.360. The Morgan fingerprint density at radius 3 is 2.19 bits per heavy atom. The number of carbonyl (C=O) groups excluding carboxylic acids is 2. The van der Waals surface area contributed by atoms with Crippen LogP contribution in [0.2, 0.25) is 0 Å². The van der Waals surface area contributed by atoms with Crippen molar-refractivity contribution in [2.75, 3.05) is 5.75 Å². The third kappa shape index (κ3) is 4.73. The molecule has 2 amide bonds. The number of hydrogen-bond acceptors (Lipinski definition) is 4. The lowest BCUT2D eigenvalue weighted by Gasteiger charge is -2.56. The summed E-state index contributed by atoms with van der Waals surface area (Å²) in [6, 6.07) is 0. The molecule has 1 aliphatic heterocycles. The van der Waals surface area contributed by atoms with Gasteiger partial charge in [0.1, 0.15) is 0 Å². The lowest BCUT2D eigenvalue weighted by Crippen LogP contribution is -2.50. The van der Waals surface area contributed by atoms with Gasteiger partial charge in [-0.25, -0.2) is 0 Å². The van der Waals surface area contributed by atoms with Crippen LogP contribution < -0.4 is 10.9 Å². The van der Waals surface area contributed by atoms with E-state index in [9.17, 15) is 9.59 Å². The first-order valence-corrected chi connectivity index (χ1v) is 12.8. The van der Waals surface area contributed by atoms with Gasteiger partial charge >= 0.3 is 0 Å². The minimum Gasteiger partial charge on any atom is -0.273 e. The van der Waals surface area contributed by atoms with E-state index >= 15 is 0 Å². The van der Waals surface area contributed by atoms with Crippen LogP contribution in [-0.2, 0) is 9.59 Å². The fraction of sp³-hybridized carbons (Fsp3) is 0.900. The molecule has 1 unspecified atom stereocenters. The molecule has 5 rings (SSSR count). The van der Waals surface area contributed by atoms with Crippen molar-refractivity contribution in [3.05, 3.63) is 0 Å². The van der Waals surface area contributed by atoms with E-state index in [4.69, 9.17) is 0 Å². The van der Waals surface area contributed by atoms with Gasteiger partial charge in [-0.15, -0.1) is 0 Å². The molecule has 26 heavy (non-hydrogen) atoms. The molecule has 0 aromatic heterocycles. The summed E-state index contributed by atoms with van der Waals surface area (Å²) < 4.78 is 0. The highest BCUT2D eigenvalue weighted by Crippen LogP contribution is 2.61. The summed E-state index contributed by atoms with van der Waals surface area (Å²) >= 11 is 0. The second kappa shape index (κ2) is 8.34. The summed E-state index contributed by atoms with van der Waals surface area (Å²) in [5.41, 5.74) is 5.58. The number of rotatable bonds is 7. The van der Waals surface area contributed by atoms with Gasteiger partial charge < -0.3 is 0 Å². The summed E-state index contributed by atoms with van der Waals surface area (Å²) in [4.78, 5) is 24.4. The summed E-state index contributed by atoms with van der Waals surface area (Å²) in [5, 5.41) is 0.781. The molecule has 0 aromatic carbocycles. The lowest BCUT2D eigenvalue weighted by atomic mass is 9.49. The van der Waals surface area contributed by atoms with Gasteiger partial charge in [0.25, 0.3) is 0 Å². The maximum atomic E-state index is 12.4. The van der Waals surface area contributed by atoms with Gasteiger partial charge in [-0.05, 0) is 81.0 Å². The van der Waals surface area contributed by atoms with Crippen molar-refractivity contribution < 1.29 is 9.59 Å². The molecule has 0 spiro atoms. The zero-order valence-corrected chi connectivity index (χ0v) is 17.3. The predicted molar refractivity (Wildman–Crippen MR) is 108 cm³/mol. The highest BCUT2D eigenvalue weighted by atomic mass is 33.1. The van der Waals surface area contributed by atoms with Gasteiger partial charge in [0.15, 0.2) is 0 Å². The fourth-order valence-electron chi connectivity index (χ4n) is 6.32. The first-order valence-electron chi connectivity index (χ1n) is 10.5. The Morgan fingerprint density at radius 2 is 1.58 bits per heavy atom. The highest BCUT2D eigenvalue weighted by Gasteiger charge is 2.51. The van der Waals surface area contributed by atoms with Gasteiger partial charge in [-0.3, -0.25) is 20.4 Å². The fourth-order valence-corrected chi connectivity index (χ4v) is 9.34. The average molecular weight is 397 g/mol. The van der Waals surface area contributed by atoms with Gasteiger partial charge in [-0.1, -0.05) is 28.0 Å². The smallest absolute Gasteiger partial charge is 0.238 e. The molecule has 4 aliphatic carbocycles. The van der Waals surface area contributed by atoms with Crippen LogP contribution in [0.5, 0.6) is 0 Å². The van der Waals surface area contributed by atoms with Gasteiger partial charge in [0, 0.05) is 23.8 Å². The maximum absolute atomic E-state index is 12.4. The SMILES string of the molecule is O=C(CCCCC1CCSS1)NNC(=O)CC12CC3CC(CC(C3)C1)C2. The van der Waals surface area contributed by atoms with Crippen LogP contribution in [0.3, 0.4) is 0 Å². The molecule has 146 valence electrons. The second-order valence-corrected chi connectivity index (χ2v) is 12.1.